The fourth-order valence-electron chi connectivity index (χ4n) is 2.75. The van der Waals surface area contributed by atoms with Gasteiger partial charge < -0.3 is 4.90 Å². The van der Waals surface area contributed by atoms with Gasteiger partial charge in [-0.05, 0) is 49.8 Å². The van der Waals surface area contributed by atoms with E-state index in [9.17, 15) is 4.79 Å². The van der Waals surface area contributed by atoms with E-state index in [1.54, 1.807) is 0 Å². The third-order valence-electron chi connectivity index (χ3n) is 3.93. The minimum atomic E-state index is -0.0238. The number of nitrogens with zero attached hydrogens (tertiary/aromatic N) is 1. The van der Waals surface area contributed by atoms with Crippen LogP contribution in [0, 0.1) is 5.92 Å². The molecule has 19 heavy (non-hydrogen) atoms. The highest BCUT2D eigenvalue weighted by Crippen LogP contribution is 2.30. The van der Waals surface area contributed by atoms with Gasteiger partial charge in [0.05, 0.1) is 0 Å². The second kappa shape index (κ2) is 6.09. The number of amides is 1. The first kappa shape index (κ1) is 13.9. The Bertz CT molecular complexity index is 446. The van der Waals surface area contributed by atoms with E-state index in [2.05, 4.69) is 13.5 Å². The van der Waals surface area contributed by atoms with Crippen LogP contribution in [0.5, 0.6) is 0 Å². The summed E-state index contributed by atoms with van der Waals surface area (Å²) in [6, 6.07) is 7.78. The summed E-state index contributed by atoms with van der Waals surface area (Å²) in [7, 11) is 5.71. The van der Waals surface area contributed by atoms with Gasteiger partial charge in [-0.2, -0.15) is 0 Å². The van der Waals surface area contributed by atoms with Crippen molar-refractivity contribution in [1.82, 2.24) is 0 Å². The van der Waals surface area contributed by atoms with Gasteiger partial charge in [0.25, 0.3) is 5.91 Å². The molecule has 0 aliphatic heterocycles. The van der Waals surface area contributed by atoms with E-state index in [-0.39, 0.29) is 11.9 Å². The summed E-state index contributed by atoms with van der Waals surface area (Å²) < 4.78 is 0. The van der Waals surface area contributed by atoms with E-state index in [1.165, 1.54) is 18.9 Å². The highest BCUT2D eigenvalue weighted by molar-refractivity contribution is 6.32. The van der Waals surface area contributed by atoms with Crippen LogP contribution in [0.15, 0.2) is 36.9 Å². The number of carbonyl (C=O) groups excluding carboxylic acids is 1. The van der Waals surface area contributed by atoms with E-state index < -0.39 is 0 Å². The number of rotatable bonds is 3. The number of anilines is 1. The molecule has 2 radical (unpaired) electrons. The van der Waals surface area contributed by atoms with Gasteiger partial charge in [0.15, 0.2) is 0 Å². The van der Waals surface area contributed by atoms with Crippen LogP contribution in [0.1, 0.15) is 32.6 Å². The minimum absolute atomic E-state index is 0.0238. The number of benzene rings is 1. The van der Waals surface area contributed by atoms with Crippen molar-refractivity contribution in [3.8, 4) is 0 Å². The molecule has 1 saturated carbocycles. The summed E-state index contributed by atoms with van der Waals surface area (Å²) in [5, 5.41) is 0. The topological polar surface area (TPSA) is 20.3 Å². The van der Waals surface area contributed by atoms with Crippen LogP contribution in [-0.4, -0.2) is 19.8 Å². The lowest BCUT2D eigenvalue weighted by atomic mass is 9.86. The second-order valence-corrected chi connectivity index (χ2v) is 5.42. The maximum Gasteiger partial charge on any atom is 0.250 e. The van der Waals surface area contributed by atoms with Gasteiger partial charge in [-0.1, -0.05) is 31.1 Å². The lowest BCUT2D eigenvalue weighted by Crippen LogP contribution is -2.41. The van der Waals surface area contributed by atoms with Crippen molar-refractivity contribution in [2.45, 2.75) is 38.6 Å². The molecule has 2 nitrogen and oxygen atoms in total. The zero-order valence-electron chi connectivity index (χ0n) is 11.5. The predicted octanol–water partition coefficient (Wildman–Crippen LogP) is 2.58. The quantitative estimate of drug-likeness (QED) is 0.599. The van der Waals surface area contributed by atoms with Gasteiger partial charge in [-0.25, -0.2) is 0 Å². The van der Waals surface area contributed by atoms with Crippen molar-refractivity contribution >= 4 is 24.9 Å². The smallest absolute Gasteiger partial charge is 0.250 e. The molecule has 2 rings (SSSR count). The Morgan fingerprint density at radius 3 is 2.37 bits per heavy atom. The summed E-state index contributed by atoms with van der Waals surface area (Å²) >= 11 is 0. The average molecular weight is 253 g/mol. The molecule has 0 unspecified atom stereocenters. The molecule has 0 N–H and O–H groups in total. The van der Waals surface area contributed by atoms with Gasteiger partial charge in [-0.15, -0.1) is 0 Å². The Labute approximate surface area is 116 Å². The number of hydrogen-bond donors (Lipinski definition) is 0. The van der Waals surface area contributed by atoms with Crippen LogP contribution in [-0.2, 0) is 4.79 Å². The summed E-state index contributed by atoms with van der Waals surface area (Å²) in [6.45, 7) is 5.90. The van der Waals surface area contributed by atoms with Crippen LogP contribution >= 0.6 is 0 Å². The first-order valence-electron chi connectivity index (χ1n) is 6.93. The normalized spacial score (nSPS) is 22.8. The SMILES string of the molecule is [B]c1ccc(N(C(=O)C=C)C2CCC(C)CC2)cc1. The monoisotopic (exact) mass is 253 g/mol. The lowest BCUT2D eigenvalue weighted by Gasteiger charge is -2.35. The van der Waals surface area contributed by atoms with Crippen molar-refractivity contribution in [3.05, 3.63) is 36.9 Å². The average Bonchev–Trinajstić information content (AvgIpc) is 2.43. The van der Waals surface area contributed by atoms with E-state index in [4.69, 9.17) is 7.85 Å². The Morgan fingerprint density at radius 1 is 1.26 bits per heavy atom. The Balaban J connectivity index is 2.23. The van der Waals surface area contributed by atoms with Gasteiger partial charge >= 0.3 is 0 Å². The van der Waals surface area contributed by atoms with Crippen LogP contribution in [0.4, 0.5) is 5.69 Å². The minimum Gasteiger partial charge on any atom is -0.306 e. The number of hydrogen-bond acceptors (Lipinski definition) is 1. The molecule has 98 valence electrons. The molecule has 1 amide bonds. The van der Waals surface area contributed by atoms with Crippen LogP contribution in [0.25, 0.3) is 0 Å². The fraction of sp³-hybridized carbons (Fsp3) is 0.438. The molecule has 0 aromatic heterocycles. The molecule has 0 saturated heterocycles. The Kier molecular flexibility index (Phi) is 4.46. The van der Waals surface area contributed by atoms with Crippen molar-refractivity contribution in [3.63, 3.8) is 0 Å². The zero-order valence-corrected chi connectivity index (χ0v) is 11.5. The second-order valence-electron chi connectivity index (χ2n) is 5.42. The molecular formula is C16H20BNO. The van der Waals surface area contributed by atoms with E-state index in [0.717, 1.165) is 24.4 Å². The maximum atomic E-state index is 12.2. The van der Waals surface area contributed by atoms with Gasteiger partial charge in [0, 0.05) is 11.7 Å². The third kappa shape index (κ3) is 3.28. The molecule has 1 fully saturated rings. The van der Waals surface area contributed by atoms with Crippen LogP contribution < -0.4 is 10.4 Å². The fourth-order valence-corrected chi connectivity index (χ4v) is 2.75. The molecule has 1 aromatic rings. The van der Waals surface area contributed by atoms with Crippen LogP contribution in [0.2, 0.25) is 0 Å². The van der Waals surface area contributed by atoms with Crippen molar-refractivity contribution in [1.29, 1.82) is 0 Å². The summed E-state index contributed by atoms with van der Waals surface area (Å²) in [5.74, 6) is 0.743. The predicted molar refractivity (Wildman–Crippen MR) is 80.9 cm³/mol. The zero-order chi connectivity index (χ0) is 13.8. The summed E-state index contributed by atoms with van der Waals surface area (Å²) in [4.78, 5) is 14.0. The van der Waals surface area contributed by atoms with Crippen molar-refractivity contribution in [2.24, 2.45) is 5.92 Å². The van der Waals surface area contributed by atoms with Crippen molar-refractivity contribution in [2.75, 3.05) is 4.90 Å². The maximum absolute atomic E-state index is 12.2. The molecule has 0 bridgehead atoms. The molecule has 1 aromatic carbocycles. The van der Waals surface area contributed by atoms with E-state index in [1.807, 2.05) is 29.2 Å². The van der Waals surface area contributed by atoms with Gasteiger partial charge in [-0.3, -0.25) is 4.79 Å². The first-order valence-corrected chi connectivity index (χ1v) is 6.93. The van der Waals surface area contributed by atoms with E-state index in [0.29, 0.717) is 5.46 Å². The van der Waals surface area contributed by atoms with Crippen LogP contribution in [0.3, 0.4) is 0 Å². The number of carbonyl (C=O) groups is 1. The van der Waals surface area contributed by atoms with E-state index >= 15 is 0 Å². The molecular weight excluding hydrogens is 233 g/mol. The summed E-state index contributed by atoms with van der Waals surface area (Å²) in [5.41, 5.74) is 1.63. The highest BCUT2D eigenvalue weighted by atomic mass is 16.2. The van der Waals surface area contributed by atoms with Gasteiger partial charge in [0.1, 0.15) is 7.85 Å². The Morgan fingerprint density at radius 2 is 1.84 bits per heavy atom. The van der Waals surface area contributed by atoms with Gasteiger partial charge in [0.2, 0.25) is 0 Å². The Hall–Kier alpha value is -1.51. The molecule has 0 atom stereocenters. The molecule has 0 spiro atoms. The first-order chi connectivity index (χ1) is 9.11. The molecule has 1 aliphatic carbocycles. The standard InChI is InChI=1S/C16H20BNO/c1-3-16(19)18(14-8-4-12(2)5-9-14)15-10-6-13(17)7-11-15/h3,6-7,10-12,14H,1,4-5,8-9H2,2H3. The largest absolute Gasteiger partial charge is 0.306 e. The lowest BCUT2D eigenvalue weighted by molar-refractivity contribution is -0.114. The summed E-state index contributed by atoms with van der Waals surface area (Å²) in [6.07, 6.45) is 5.88. The van der Waals surface area contributed by atoms with Crippen molar-refractivity contribution < 1.29 is 4.79 Å². The highest BCUT2D eigenvalue weighted by Gasteiger charge is 2.27. The molecule has 1 aliphatic rings. The molecule has 0 heterocycles. The molecule has 3 heteroatoms. The third-order valence-corrected chi connectivity index (χ3v) is 3.93.